The molecule has 0 aliphatic heterocycles. The van der Waals surface area contributed by atoms with Crippen LogP contribution in [0.5, 0.6) is 0 Å². The lowest BCUT2D eigenvalue weighted by atomic mass is 10.0. The van der Waals surface area contributed by atoms with E-state index in [4.69, 9.17) is 0 Å². The van der Waals surface area contributed by atoms with Gasteiger partial charge in [0.25, 0.3) is 0 Å². The number of esters is 1. The molecule has 4 nitrogen and oxygen atoms in total. The SMILES string of the molecule is COC(=O)[C@@H](CC(C)C)NC(=O)C(F)(F)F. The molecular formula is C9H14F3NO3. The summed E-state index contributed by atoms with van der Waals surface area (Å²) in [7, 11) is 1.05. The molecule has 0 bridgehead atoms. The molecule has 7 heteroatoms. The van der Waals surface area contributed by atoms with Crippen molar-refractivity contribution in [3.05, 3.63) is 0 Å². The molecule has 0 heterocycles. The first-order valence-electron chi connectivity index (χ1n) is 4.64. The van der Waals surface area contributed by atoms with Gasteiger partial charge in [-0.2, -0.15) is 13.2 Å². The lowest BCUT2D eigenvalue weighted by molar-refractivity contribution is -0.175. The monoisotopic (exact) mass is 241 g/mol. The van der Waals surface area contributed by atoms with Crippen LogP contribution >= 0.6 is 0 Å². The lowest BCUT2D eigenvalue weighted by Crippen LogP contribution is -2.47. The summed E-state index contributed by atoms with van der Waals surface area (Å²) in [6.45, 7) is 3.44. The summed E-state index contributed by atoms with van der Waals surface area (Å²) in [5, 5.41) is 1.60. The van der Waals surface area contributed by atoms with Crippen LogP contribution < -0.4 is 5.32 Å². The normalized spacial score (nSPS) is 13.4. The number of carbonyl (C=O) groups excluding carboxylic acids is 2. The van der Waals surface area contributed by atoms with Crippen LogP contribution in [0.4, 0.5) is 13.2 Å². The molecule has 0 spiro atoms. The molecule has 1 amide bonds. The van der Waals surface area contributed by atoms with E-state index in [1.807, 2.05) is 0 Å². The fourth-order valence-electron chi connectivity index (χ4n) is 1.07. The largest absolute Gasteiger partial charge is 0.471 e. The Morgan fingerprint density at radius 3 is 2.12 bits per heavy atom. The highest BCUT2D eigenvalue weighted by atomic mass is 19.4. The van der Waals surface area contributed by atoms with Gasteiger partial charge in [0.2, 0.25) is 0 Å². The van der Waals surface area contributed by atoms with Gasteiger partial charge in [0.1, 0.15) is 6.04 Å². The van der Waals surface area contributed by atoms with Crippen LogP contribution in [0.2, 0.25) is 0 Å². The Kier molecular flexibility index (Phi) is 5.26. The summed E-state index contributed by atoms with van der Waals surface area (Å²) in [4.78, 5) is 21.7. The predicted octanol–water partition coefficient (Wildman–Crippen LogP) is 1.25. The Balaban J connectivity index is 4.55. The highest BCUT2D eigenvalue weighted by Gasteiger charge is 2.41. The zero-order valence-electron chi connectivity index (χ0n) is 9.22. The molecule has 0 aliphatic carbocycles. The third-order valence-electron chi connectivity index (χ3n) is 1.76. The van der Waals surface area contributed by atoms with E-state index in [1.165, 1.54) is 0 Å². The molecule has 0 saturated carbocycles. The molecule has 0 unspecified atom stereocenters. The van der Waals surface area contributed by atoms with Crippen molar-refractivity contribution in [3.8, 4) is 0 Å². The fraction of sp³-hybridized carbons (Fsp3) is 0.778. The van der Waals surface area contributed by atoms with E-state index in [9.17, 15) is 22.8 Å². The topological polar surface area (TPSA) is 55.4 Å². The van der Waals surface area contributed by atoms with Gasteiger partial charge in [-0.25, -0.2) is 4.79 Å². The van der Waals surface area contributed by atoms with E-state index in [0.29, 0.717) is 0 Å². The van der Waals surface area contributed by atoms with Crippen LogP contribution in [0.25, 0.3) is 0 Å². The van der Waals surface area contributed by atoms with Crippen LogP contribution in [0, 0.1) is 5.92 Å². The number of alkyl halides is 3. The van der Waals surface area contributed by atoms with Gasteiger partial charge in [0, 0.05) is 0 Å². The minimum Gasteiger partial charge on any atom is -0.467 e. The number of rotatable bonds is 4. The van der Waals surface area contributed by atoms with Crippen molar-refractivity contribution in [2.45, 2.75) is 32.5 Å². The van der Waals surface area contributed by atoms with Crippen molar-refractivity contribution in [3.63, 3.8) is 0 Å². The van der Waals surface area contributed by atoms with Gasteiger partial charge >= 0.3 is 18.1 Å². The van der Waals surface area contributed by atoms with E-state index in [-0.39, 0.29) is 12.3 Å². The van der Waals surface area contributed by atoms with Crippen LogP contribution in [-0.2, 0) is 14.3 Å². The van der Waals surface area contributed by atoms with E-state index in [2.05, 4.69) is 4.74 Å². The van der Waals surface area contributed by atoms with Crippen molar-refractivity contribution >= 4 is 11.9 Å². The number of halogens is 3. The summed E-state index contributed by atoms with van der Waals surface area (Å²) in [5.74, 6) is -3.06. The van der Waals surface area contributed by atoms with Gasteiger partial charge in [0.15, 0.2) is 0 Å². The maximum Gasteiger partial charge on any atom is 0.471 e. The number of methoxy groups -OCH3 is 1. The first kappa shape index (κ1) is 14.7. The van der Waals surface area contributed by atoms with E-state index in [1.54, 1.807) is 19.2 Å². The number of ether oxygens (including phenoxy) is 1. The second kappa shape index (κ2) is 5.72. The van der Waals surface area contributed by atoms with Crippen molar-refractivity contribution in [2.75, 3.05) is 7.11 Å². The minimum atomic E-state index is -5.00. The van der Waals surface area contributed by atoms with Crippen molar-refractivity contribution in [2.24, 2.45) is 5.92 Å². The smallest absolute Gasteiger partial charge is 0.467 e. The molecule has 1 atom stereocenters. The molecule has 0 aromatic heterocycles. The molecule has 0 aromatic carbocycles. The van der Waals surface area contributed by atoms with Crippen molar-refractivity contribution in [1.29, 1.82) is 0 Å². The Hall–Kier alpha value is -1.27. The maximum atomic E-state index is 12.0. The first-order valence-corrected chi connectivity index (χ1v) is 4.64. The van der Waals surface area contributed by atoms with Crippen molar-refractivity contribution < 1.29 is 27.5 Å². The highest BCUT2D eigenvalue weighted by molar-refractivity contribution is 5.87. The molecule has 16 heavy (non-hydrogen) atoms. The average Bonchev–Trinajstić information content (AvgIpc) is 2.13. The third kappa shape index (κ3) is 4.99. The predicted molar refractivity (Wildman–Crippen MR) is 49.5 cm³/mol. The molecule has 0 saturated heterocycles. The molecule has 0 rings (SSSR count). The number of carbonyl (C=O) groups is 2. The molecule has 0 radical (unpaired) electrons. The first-order chi connectivity index (χ1) is 7.18. The Labute approximate surface area is 91.1 Å². The standard InChI is InChI=1S/C9H14F3NO3/c1-5(2)4-6(7(14)16-3)13-8(15)9(10,11)12/h5-6H,4H2,1-3H3,(H,13,15)/t6-/m1/s1. The highest BCUT2D eigenvalue weighted by Crippen LogP contribution is 2.16. The minimum absolute atomic E-state index is 0.0439. The van der Waals surface area contributed by atoms with Crippen LogP contribution in [0.1, 0.15) is 20.3 Å². The van der Waals surface area contributed by atoms with Crippen LogP contribution in [-0.4, -0.2) is 31.2 Å². The molecular weight excluding hydrogens is 227 g/mol. The maximum absolute atomic E-state index is 12.0. The van der Waals surface area contributed by atoms with Crippen LogP contribution in [0.15, 0.2) is 0 Å². The Bertz CT molecular complexity index is 263. The summed E-state index contributed by atoms with van der Waals surface area (Å²) in [6.07, 6.45) is -4.91. The van der Waals surface area contributed by atoms with Gasteiger partial charge in [-0.3, -0.25) is 4.79 Å². The number of hydrogen-bond donors (Lipinski definition) is 1. The summed E-state index contributed by atoms with van der Waals surface area (Å²) in [5.41, 5.74) is 0. The van der Waals surface area contributed by atoms with Crippen molar-refractivity contribution in [1.82, 2.24) is 5.32 Å². The summed E-state index contributed by atoms with van der Waals surface area (Å²) >= 11 is 0. The summed E-state index contributed by atoms with van der Waals surface area (Å²) in [6, 6.07) is -1.26. The third-order valence-corrected chi connectivity index (χ3v) is 1.76. The number of hydrogen-bond acceptors (Lipinski definition) is 3. The van der Waals surface area contributed by atoms with Crippen LogP contribution in [0.3, 0.4) is 0 Å². The van der Waals surface area contributed by atoms with Gasteiger partial charge in [-0.15, -0.1) is 0 Å². The van der Waals surface area contributed by atoms with Gasteiger partial charge in [0.05, 0.1) is 7.11 Å². The quantitative estimate of drug-likeness (QED) is 0.754. The lowest BCUT2D eigenvalue weighted by Gasteiger charge is -2.18. The second-order valence-corrected chi connectivity index (χ2v) is 3.68. The van der Waals surface area contributed by atoms with E-state index < -0.39 is 24.1 Å². The number of amides is 1. The second-order valence-electron chi connectivity index (χ2n) is 3.68. The van der Waals surface area contributed by atoms with E-state index in [0.717, 1.165) is 7.11 Å². The zero-order chi connectivity index (χ0) is 12.9. The van der Waals surface area contributed by atoms with Gasteiger partial charge in [-0.1, -0.05) is 13.8 Å². The fourth-order valence-corrected chi connectivity index (χ4v) is 1.07. The molecule has 1 N–H and O–H groups in total. The average molecular weight is 241 g/mol. The van der Waals surface area contributed by atoms with E-state index >= 15 is 0 Å². The Morgan fingerprint density at radius 2 is 1.81 bits per heavy atom. The molecule has 94 valence electrons. The zero-order valence-corrected chi connectivity index (χ0v) is 9.22. The molecule has 0 aliphatic rings. The van der Waals surface area contributed by atoms with Gasteiger partial charge < -0.3 is 10.1 Å². The molecule has 0 fully saturated rings. The van der Waals surface area contributed by atoms with Gasteiger partial charge in [-0.05, 0) is 12.3 Å². The summed E-state index contributed by atoms with van der Waals surface area (Å²) < 4.78 is 40.2. The Morgan fingerprint density at radius 1 is 1.31 bits per heavy atom. The number of nitrogens with one attached hydrogen (secondary N) is 1. The molecule has 0 aromatic rings.